The van der Waals surface area contributed by atoms with Crippen LogP contribution in [0.1, 0.15) is 31.9 Å². The lowest BCUT2D eigenvalue weighted by Crippen LogP contribution is -2.28. The van der Waals surface area contributed by atoms with Crippen LogP contribution in [0.4, 0.5) is 0 Å². The number of phenolic OH excluding ortho intramolecular Hbond substituents is 1. The van der Waals surface area contributed by atoms with Crippen LogP contribution in [0.25, 0.3) is 0 Å². The fourth-order valence-corrected chi connectivity index (χ4v) is 1.72. The molecule has 0 saturated heterocycles. The van der Waals surface area contributed by atoms with Crippen molar-refractivity contribution < 1.29 is 9.84 Å². The van der Waals surface area contributed by atoms with Gasteiger partial charge in [0.05, 0.1) is 7.11 Å². The minimum atomic E-state index is 0.153. The highest BCUT2D eigenvalue weighted by Gasteiger charge is 2.11. The van der Waals surface area contributed by atoms with E-state index in [2.05, 4.69) is 18.2 Å². The zero-order valence-electron chi connectivity index (χ0n) is 10.5. The number of hydrogen-bond donors (Lipinski definition) is 2. The molecule has 2 atom stereocenters. The molecule has 0 aliphatic heterocycles. The van der Waals surface area contributed by atoms with Gasteiger partial charge in [0, 0.05) is 18.5 Å². The van der Waals surface area contributed by atoms with E-state index in [0.29, 0.717) is 12.2 Å². The third kappa shape index (κ3) is 3.69. The maximum atomic E-state index is 9.51. The Balaban J connectivity index is 2.75. The van der Waals surface area contributed by atoms with Crippen molar-refractivity contribution in [1.82, 2.24) is 5.32 Å². The van der Waals surface area contributed by atoms with Crippen LogP contribution in [0.2, 0.25) is 0 Å². The van der Waals surface area contributed by atoms with Gasteiger partial charge in [-0.1, -0.05) is 6.07 Å². The third-order valence-electron chi connectivity index (χ3n) is 2.66. The van der Waals surface area contributed by atoms with Crippen molar-refractivity contribution in [2.24, 2.45) is 0 Å². The number of nitrogens with one attached hydrogen (secondary N) is 1. The quantitative estimate of drug-likeness (QED) is 0.768. The summed E-state index contributed by atoms with van der Waals surface area (Å²) < 4.78 is 5.08. The minimum absolute atomic E-state index is 0.153. The highest BCUT2D eigenvalue weighted by molar-refractivity contribution is 5.42. The number of aromatic hydroxyl groups is 1. The molecule has 3 heteroatoms. The molecule has 0 aromatic heterocycles. The van der Waals surface area contributed by atoms with E-state index in [1.54, 1.807) is 6.07 Å². The number of phenols is 1. The van der Waals surface area contributed by atoms with Crippen LogP contribution in [0, 0.1) is 12.3 Å². The molecule has 0 aliphatic rings. The Labute approximate surface area is 103 Å². The summed E-state index contributed by atoms with van der Waals surface area (Å²) in [7, 11) is 1.54. The van der Waals surface area contributed by atoms with Gasteiger partial charge in [-0.3, -0.25) is 0 Å². The van der Waals surface area contributed by atoms with Gasteiger partial charge in [0.2, 0.25) is 0 Å². The Morgan fingerprint density at radius 2 is 2.18 bits per heavy atom. The lowest BCUT2D eigenvalue weighted by Gasteiger charge is -2.19. The number of benzene rings is 1. The Bertz CT molecular complexity index is 409. The molecule has 0 heterocycles. The predicted octanol–water partition coefficient (Wildman–Crippen LogP) is 2.46. The van der Waals surface area contributed by atoms with Crippen LogP contribution in [-0.4, -0.2) is 18.3 Å². The predicted molar refractivity (Wildman–Crippen MR) is 69.1 cm³/mol. The van der Waals surface area contributed by atoms with Crippen molar-refractivity contribution in [1.29, 1.82) is 0 Å². The molecule has 17 heavy (non-hydrogen) atoms. The highest BCUT2D eigenvalue weighted by atomic mass is 16.5. The van der Waals surface area contributed by atoms with E-state index in [-0.39, 0.29) is 17.8 Å². The zero-order chi connectivity index (χ0) is 12.8. The molecule has 0 fully saturated rings. The molecule has 2 unspecified atom stereocenters. The van der Waals surface area contributed by atoms with Gasteiger partial charge in [-0.25, -0.2) is 0 Å². The molecule has 2 N–H and O–H groups in total. The molecule has 92 valence electrons. The van der Waals surface area contributed by atoms with Crippen molar-refractivity contribution in [2.45, 2.75) is 32.4 Å². The molecule has 0 radical (unpaired) electrons. The molecular weight excluding hydrogens is 214 g/mol. The molecule has 1 rings (SSSR count). The lowest BCUT2D eigenvalue weighted by atomic mass is 10.1. The van der Waals surface area contributed by atoms with Gasteiger partial charge in [-0.2, -0.15) is 0 Å². The SMILES string of the molecule is C#CCC(C)NC(C)c1ccc(O)c(OC)c1. The fourth-order valence-electron chi connectivity index (χ4n) is 1.72. The summed E-state index contributed by atoms with van der Waals surface area (Å²) in [5.74, 6) is 3.27. The van der Waals surface area contributed by atoms with E-state index in [1.807, 2.05) is 19.1 Å². The number of rotatable bonds is 5. The average Bonchev–Trinajstić information content (AvgIpc) is 2.29. The second-order valence-corrected chi connectivity index (χ2v) is 4.13. The van der Waals surface area contributed by atoms with E-state index < -0.39 is 0 Å². The summed E-state index contributed by atoms with van der Waals surface area (Å²) in [6.45, 7) is 4.10. The monoisotopic (exact) mass is 233 g/mol. The van der Waals surface area contributed by atoms with E-state index in [0.717, 1.165) is 5.56 Å². The first-order chi connectivity index (χ1) is 8.08. The van der Waals surface area contributed by atoms with Gasteiger partial charge in [0.1, 0.15) is 0 Å². The second kappa shape index (κ2) is 6.17. The maximum Gasteiger partial charge on any atom is 0.160 e. The van der Waals surface area contributed by atoms with Gasteiger partial charge in [0.25, 0.3) is 0 Å². The van der Waals surface area contributed by atoms with Crippen LogP contribution in [0.3, 0.4) is 0 Å². The van der Waals surface area contributed by atoms with Gasteiger partial charge in [0.15, 0.2) is 11.5 Å². The maximum absolute atomic E-state index is 9.51. The van der Waals surface area contributed by atoms with Crippen molar-refractivity contribution in [3.63, 3.8) is 0 Å². The van der Waals surface area contributed by atoms with Crippen molar-refractivity contribution in [2.75, 3.05) is 7.11 Å². The summed E-state index contributed by atoms with van der Waals surface area (Å²) >= 11 is 0. The fraction of sp³-hybridized carbons (Fsp3) is 0.429. The molecule has 0 saturated carbocycles. The van der Waals surface area contributed by atoms with Crippen molar-refractivity contribution in [3.05, 3.63) is 23.8 Å². The van der Waals surface area contributed by atoms with Gasteiger partial charge < -0.3 is 15.2 Å². The van der Waals surface area contributed by atoms with Crippen LogP contribution in [-0.2, 0) is 0 Å². The third-order valence-corrected chi connectivity index (χ3v) is 2.66. The van der Waals surface area contributed by atoms with Crippen LogP contribution in [0.15, 0.2) is 18.2 Å². The highest BCUT2D eigenvalue weighted by Crippen LogP contribution is 2.28. The van der Waals surface area contributed by atoms with Crippen LogP contribution in [0.5, 0.6) is 11.5 Å². The molecule has 0 amide bonds. The lowest BCUT2D eigenvalue weighted by molar-refractivity contribution is 0.371. The summed E-state index contributed by atoms with van der Waals surface area (Å²) in [6, 6.07) is 5.76. The Morgan fingerprint density at radius 3 is 2.76 bits per heavy atom. The van der Waals surface area contributed by atoms with Crippen LogP contribution < -0.4 is 10.1 Å². The van der Waals surface area contributed by atoms with Crippen molar-refractivity contribution in [3.8, 4) is 23.8 Å². The smallest absolute Gasteiger partial charge is 0.160 e. The van der Waals surface area contributed by atoms with Gasteiger partial charge >= 0.3 is 0 Å². The number of ether oxygens (including phenoxy) is 1. The van der Waals surface area contributed by atoms with Gasteiger partial charge in [-0.15, -0.1) is 12.3 Å². The number of hydrogen-bond acceptors (Lipinski definition) is 3. The van der Waals surface area contributed by atoms with E-state index >= 15 is 0 Å². The molecule has 1 aromatic carbocycles. The number of methoxy groups -OCH3 is 1. The van der Waals surface area contributed by atoms with Crippen LogP contribution >= 0.6 is 0 Å². The standard InChI is InChI=1S/C14H19NO2/c1-5-6-10(2)15-11(3)12-7-8-13(16)14(9-12)17-4/h1,7-11,15-16H,6H2,2-4H3. The first-order valence-corrected chi connectivity index (χ1v) is 5.65. The first-order valence-electron chi connectivity index (χ1n) is 5.65. The summed E-state index contributed by atoms with van der Waals surface area (Å²) in [5, 5.41) is 12.9. The topological polar surface area (TPSA) is 41.5 Å². The Morgan fingerprint density at radius 1 is 1.47 bits per heavy atom. The second-order valence-electron chi connectivity index (χ2n) is 4.13. The Hall–Kier alpha value is -1.66. The normalized spacial score (nSPS) is 13.8. The molecular formula is C14H19NO2. The minimum Gasteiger partial charge on any atom is -0.504 e. The molecule has 3 nitrogen and oxygen atoms in total. The largest absolute Gasteiger partial charge is 0.504 e. The summed E-state index contributed by atoms with van der Waals surface area (Å²) in [6.07, 6.45) is 5.96. The van der Waals surface area contributed by atoms with E-state index in [1.165, 1.54) is 7.11 Å². The molecule has 0 spiro atoms. The molecule has 0 bridgehead atoms. The van der Waals surface area contributed by atoms with E-state index in [9.17, 15) is 5.11 Å². The zero-order valence-corrected chi connectivity index (χ0v) is 10.5. The number of terminal acetylenes is 1. The summed E-state index contributed by atoms with van der Waals surface area (Å²) in [4.78, 5) is 0. The average molecular weight is 233 g/mol. The molecule has 0 aliphatic carbocycles. The first kappa shape index (κ1) is 13.4. The Kier molecular flexibility index (Phi) is 4.86. The van der Waals surface area contributed by atoms with Gasteiger partial charge in [-0.05, 0) is 31.5 Å². The summed E-state index contributed by atoms with van der Waals surface area (Å²) in [5.41, 5.74) is 1.06. The molecule has 1 aromatic rings. The van der Waals surface area contributed by atoms with Crippen molar-refractivity contribution >= 4 is 0 Å². The van der Waals surface area contributed by atoms with E-state index in [4.69, 9.17) is 11.2 Å².